The average Bonchev–Trinajstić information content (AvgIpc) is 3.17. The molecule has 2 amide bonds. The first-order valence-corrected chi connectivity index (χ1v) is 10.8. The van der Waals surface area contributed by atoms with Crippen molar-refractivity contribution < 1.29 is 18.7 Å². The lowest BCUT2D eigenvalue weighted by Crippen LogP contribution is -2.28. The van der Waals surface area contributed by atoms with Crippen LogP contribution in [0.1, 0.15) is 26.9 Å². The van der Waals surface area contributed by atoms with Gasteiger partial charge in [-0.3, -0.25) is 14.5 Å². The largest absolute Gasteiger partial charge is 0.497 e. The highest BCUT2D eigenvalue weighted by Gasteiger charge is 2.35. The van der Waals surface area contributed by atoms with Gasteiger partial charge in [-0.15, -0.1) is 11.8 Å². The summed E-state index contributed by atoms with van der Waals surface area (Å²) < 4.78 is 19.2. The van der Waals surface area contributed by atoms with Gasteiger partial charge < -0.3 is 10.1 Å². The van der Waals surface area contributed by atoms with Gasteiger partial charge in [0, 0.05) is 16.8 Å². The molecule has 1 aliphatic heterocycles. The Labute approximate surface area is 184 Å². The van der Waals surface area contributed by atoms with Crippen LogP contribution in [-0.4, -0.2) is 24.7 Å². The SMILES string of the molecule is COc1cccc(C(=O)Nc2ccc(C3SCC(=O)N3c3cccc(F)c3C)cc2)c1. The molecule has 0 aliphatic carbocycles. The fourth-order valence-electron chi connectivity index (χ4n) is 3.49. The first-order valence-electron chi connectivity index (χ1n) is 9.72. The van der Waals surface area contributed by atoms with Crippen LogP contribution in [0, 0.1) is 12.7 Å². The Morgan fingerprint density at radius 2 is 1.87 bits per heavy atom. The van der Waals surface area contributed by atoms with Gasteiger partial charge in [0.25, 0.3) is 5.91 Å². The summed E-state index contributed by atoms with van der Waals surface area (Å²) in [6, 6.07) is 19.0. The Morgan fingerprint density at radius 1 is 1.13 bits per heavy atom. The van der Waals surface area contributed by atoms with E-state index in [1.54, 1.807) is 67.5 Å². The Hall–Kier alpha value is -3.32. The molecule has 1 fully saturated rings. The van der Waals surface area contributed by atoms with E-state index in [2.05, 4.69) is 5.32 Å². The van der Waals surface area contributed by atoms with Gasteiger partial charge in [-0.1, -0.05) is 24.3 Å². The van der Waals surface area contributed by atoms with Gasteiger partial charge in [-0.2, -0.15) is 0 Å². The molecule has 1 aliphatic rings. The summed E-state index contributed by atoms with van der Waals surface area (Å²) in [7, 11) is 1.55. The highest BCUT2D eigenvalue weighted by atomic mass is 32.2. The molecule has 3 aromatic carbocycles. The number of nitrogens with zero attached hydrogens (tertiary/aromatic N) is 1. The molecule has 158 valence electrons. The van der Waals surface area contributed by atoms with Crippen LogP contribution in [0.2, 0.25) is 0 Å². The summed E-state index contributed by atoms with van der Waals surface area (Å²) >= 11 is 1.49. The maximum atomic E-state index is 14.1. The predicted octanol–water partition coefficient (Wildman–Crippen LogP) is 5.17. The summed E-state index contributed by atoms with van der Waals surface area (Å²) in [5.74, 6) is 0.304. The van der Waals surface area contributed by atoms with E-state index in [0.717, 1.165) is 5.56 Å². The topological polar surface area (TPSA) is 58.6 Å². The minimum absolute atomic E-state index is 0.0564. The van der Waals surface area contributed by atoms with Crippen molar-refractivity contribution in [3.63, 3.8) is 0 Å². The molecule has 1 saturated heterocycles. The summed E-state index contributed by atoms with van der Waals surface area (Å²) in [6.45, 7) is 1.68. The van der Waals surface area contributed by atoms with Gasteiger partial charge in [0.15, 0.2) is 0 Å². The van der Waals surface area contributed by atoms with Crippen LogP contribution in [0.25, 0.3) is 0 Å². The number of nitrogens with one attached hydrogen (secondary N) is 1. The van der Waals surface area contributed by atoms with Gasteiger partial charge >= 0.3 is 0 Å². The zero-order valence-corrected chi connectivity index (χ0v) is 17.9. The maximum Gasteiger partial charge on any atom is 0.255 e. The molecule has 0 radical (unpaired) electrons. The number of anilines is 2. The van der Waals surface area contributed by atoms with Crippen LogP contribution in [0.15, 0.2) is 66.7 Å². The van der Waals surface area contributed by atoms with Crippen LogP contribution in [-0.2, 0) is 4.79 Å². The molecule has 0 aromatic heterocycles. The average molecular weight is 437 g/mol. The van der Waals surface area contributed by atoms with Gasteiger partial charge in [-0.05, 0) is 55.0 Å². The highest BCUT2D eigenvalue weighted by molar-refractivity contribution is 8.00. The fourth-order valence-corrected chi connectivity index (χ4v) is 4.66. The number of halogens is 1. The lowest BCUT2D eigenvalue weighted by Gasteiger charge is -2.26. The standard InChI is InChI=1S/C24H21FN2O3S/c1-15-20(25)7-4-8-21(15)27-22(28)14-31-24(27)16-9-11-18(12-10-16)26-23(29)17-5-3-6-19(13-17)30-2/h3-13,24H,14H2,1-2H3,(H,26,29). The monoisotopic (exact) mass is 436 g/mol. The van der Waals surface area contributed by atoms with Gasteiger partial charge in [0.2, 0.25) is 5.91 Å². The number of carbonyl (C=O) groups is 2. The highest BCUT2D eigenvalue weighted by Crippen LogP contribution is 2.43. The lowest BCUT2D eigenvalue weighted by atomic mass is 10.1. The number of hydrogen-bond donors (Lipinski definition) is 1. The Morgan fingerprint density at radius 3 is 2.61 bits per heavy atom. The number of amides is 2. The third-order valence-corrected chi connectivity index (χ3v) is 6.36. The van der Waals surface area contributed by atoms with Gasteiger partial charge in [0.05, 0.1) is 18.6 Å². The van der Waals surface area contributed by atoms with E-state index in [1.165, 1.54) is 17.8 Å². The van der Waals surface area contributed by atoms with E-state index in [1.807, 2.05) is 12.1 Å². The van der Waals surface area contributed by atoms with Crippen LogP contribution in [0.4, 0.5) is 15.8 Å². The van der Waals surface area contributed by atoms with Crippen molar-refractivity contribution >= 4 is 35.0 Å². The van der Waals surface area contributed by atoms with Crippen LogP contribution >= 0.6 is 11.8 Å². The van der Waals surface area contributed by atoms with Crippen molar-refractivity contribution in [3.8, 4) is 5.75 Å². The molecule has 1 N–H and O–H groups in total. The molecule has 31 heavy (non-hydrogen) atoms. The zero-order valence-electron chi connectivity index (χ0n) is 17.1. The molecular formula is C24H21FN2O3S. The maximum absolute atomic E-state index is 14.1. The normalized spacial score (nSPS) is 15.8. The second kappa shape index (κ2) is 8.81. The zero-order chi connectivity index (χ0) is 22.0. The number of benzene rings is 3. The summed E-state index contributed by atoms with van der Waals surface area (Å²) in [6.07, 6.45) is 0. The fraction of sp³-hybridized carbons (Fsp3) is 0.167. The number of hydrogen-bond acceptors (Lipinski definition) is 4. The van der Waals surface area contributed by atoms with E-state index in [0.29, 0.717) is 34.0 Å². The van der Waals surface area contributed by atoms with Crippen molar-refractivity contribution in [3.05, 3.63) is 89.2 Å². The Balaban J connectivity index is 1.54. The number of rotatable bonds is 5. The smallest absolute Gasteiger partial charge is 0.255 e. The predicted molar refractivity (Wildman–Crippen MR) is 121 cm³/mol. The first-order chi connectivity index (χ1) is 15.0. The van der Waals surface area contributed by atoms with E-state index in [-0.39, 0.29) is 23.0 Å². The van der Waals surface area contributed by atoms with E-state index in [4.69, 9.17) is 4.74 Å². The minimum atomic E-state index is -0.337. The van der Waals surface area contributed by atoms with E-state index in [9.17, 15) is 14.0 Å². The number of thioether (sulfide) groups is 1. The van der Waals surface area contributed by atoms with Gasteiger partial charge in [-0.25, -0.2) is 4.39 Å². The summed E-state index contributed by atoms with van der Waals surface area (Å²) in [5.41, 5.74) is 3.06. The Kier molecular flexibility index (Phi) is 5.95. The minimum Gasteiger partial charge on any atom is -0.497 e. The second-order valence-corrected chi connectivity index (χ2v) is 8.19. The number of methoxy groups -OCH3 is 1. The van der Waals surface area contributed by atoms with Crippen LogP contribution < -0.4 is 15.0 Å². The molecule has 1 heterocycles. The first kappa shape index (κ1) is 20.9. The lowest BCUT2D eigenvalue weighted by molar-refractivity contribution is -0.115. The van der Waals surface area contributed by atoms with E-state index < -0.39 is 0 Å². The third kappa shape index (κ3) is 4.27. The number of ether oxygens (including phenoxy) is 1. The number of carbonyl (C=O) groups excluding carboxylic acids is 2. The molecule has 4 rings (SSSR count). The molecule has 0 saturated carbocycles. The molecule has 1 unspecified atom stereocenters. The summed E-state index contributed by atoms with van der Waals surface area (Å²) in [4.78, 5) is 26.7. The molecular weight excluding hydrogens is 415 g/mol. The molecule has 0 bridgehead atoms. The van der Waals surface area contributed by atoms with Gasteiger partial charge in [0.1, 0.15) is 16.9 Å². The van der Waals surface area contributed by atoms with Crippen molar-refractivity contribution in [2.24, 2.45) is 0 Å². The molecule has 1 atom stereocenters. The van der Waals surface area contributed by atoms with Crippen molar-refractivity contribution in [1.82, 2.24) is 0 Å². The summed E-state index contributed by atoms with van der Waals surface area (Å²) in [5, 5.41) is 2.61. The third-order valence-electron chi connectivity index (χ3n) is 5.15. The van der Waals surface area contributed by atoms with Crippen molar-refractivity contribution in [2.75, 3.05) is 23.1 Å². The van der Waals surface area contributed by atoms with Crippen molar-refractivity contribution in [2.45, 2.75) is 12.3 Å². The molecule has 3 aromatic rings. The Bertz CT molecular complexity index is 1130. The quantitative estimate of drug-likeness (QED) is 0.599. The van der Waals surface area contributed by atoms with Crippen LogP contribution in [0.5, 0.6) is 5.75 Å². The molecule has 7 heteroatoms. The van der Waals surface area contributed by atoms with E-state index >= 15 is 0 Å². The van der Waals surface area contributed by atoms with Crippen molar-refractivity contribution in [1.29, 1.82) is 0 Å². The second-order valence-electron chi connectivity index (χ2n) is 7.12. The molecule has 5 nitrogen and oxygen atoms in total. The molecule has 0 spiro atoms. The van der Waals surface area contributed by atoms with Crippen LogP contribution in [0.3, 0.4) is 0 Å².